The smallest absolute Gasteiger partial charge is 0.294 e. The first-order valence-corrected chi connectivity index (χ1v) is 11.4. The number of nitrogens with two attached hydrogens (primary N) is 1. The summed E-state index contributed by atoms with van der Waals surface area (Å²) in [7, 11) is 0. The van der Waals surface area contributed by atoms with Crippen molar-refractivity contribution in [1.82, 2.24) is 30.7 Å². The number of hydrazone groups is 1. The van der Waals surface area contributed by atoms with Crippen LogP contribution in [0.4, 0.5) is 5.82 Å². The molecule has 0 unspecified atom stereocenters. The van der Waals surface area contributed by atoms with Gasteiger partial charge in [0, 0.05) is 10.6 Å². The van der Waals surface area contributed by atoms with E-state index in [2.05, 4.69) is 35.8 Å². The Morgan fingerprint density at radius 1 is 1.08 bits per heavy atom. The molecule has 0 radical (unpaired) electrons. The molecular weight excluding hydrogens is 496 g/mol. The lowest BCUT2D eigenvalue weighted by molar-refractivity contribution is 0.0950. The van der Waals surface area contributed by atoms with Gasteiger partial charge in [-0.2, -0.15) is 9.78 Å². The SMILES string of the molecule is Nc1nonc1-n1nnc(C(=O)NN=Cc2cccc(OCc3ccc(Cl)cc3)c2)c1-c1ccccc1. The number of anilines is 1. The molecule has 0 aliphatic rings. The van der Waals surface area contributed by atoms with Crippen LogP contribution < -0.4 is 15.9 Å². The first kappa shape index (κ1) is 23.7. The van der Waals surface area contributed by atoms with Gasteiger partial charge in [-0.25, -0.2) is 10.1 Å². The second kappa shape index (κ2) is 10.7. The maximum absolute atomic E-state index is 13.0. The number of hydrogen-bond donors (Lipinski definition) is 2. The van der Waals surface area contributed by atoms with E-state index >= 15 is 0 Å². The topological polar surface area (TPSA) is 146 Å². The van der Waals surface area contributed by atoms with Crippen LogP contribution >= 0.6 is 11.6 Å². The van der Waals surface area contributed by atoms with E-state index in [1.54, 1.807) is 18.2 Å². The molecule has 2 heterocycles. The van der Waals surface area contributed by atoms with Gasteiger partial charge in [-0.1, -0.05) is 71.4 Å². The van der Waals surface area contributed by atoms with Gasteiger partial charge in [-0.05, 0) is 45.7 Å². The highest BCUT2D eigenvalue weighted by Gasteiger charge is 2.24. The van der Waals surface area contributed by atoms with Gasteiger partial charge in [0.2, 0.25) is 11.6 Å². The van der Waals surface area contributed by atoms with Gasteiger partial charge < -0.3 is 10.5 Å². The summed E-state index contributed by atoms with van der Waals surface area (Å²) < 4.78 is 11.8. The summed E-state index contributed by atoms with van der Waals surface area (Å²) in [6.07, 6.45) is 1.50. The zero-order valence-corrected chi connectivity index (χ0v) is 19.9. The molecule has 0 aliphatic heterocycles. The van der Waals surface area contributed by atoms with E-state index in [0.717, 1.165) is 11.1 Å². The number of hydrogen-bond acceptors (Lipinski definition) is 9. The number of halogens is 1. The quantitative estimate of drug-likeness (QED) is 0.234. The fourth-order valence-corrected chi connectivity index (χ4v) is 3.55. The highest BCUT2D eigenvalue weighted by Crippen LogP contribution is 2.26. The van der Waals surface area contributed by atoms with Gasteiger partial charge in [0.05, 0.1) is 6.21 Å². The Hall–Kier alpha value is -5.03. The number of amides is 1. The summed E-state index contributed by atoms with van der Waals surface area (Å²) in [5.41, 5.74) is 11.1. The molecule has 5 aromatic rings. The minimum Gasteiger partial charge on any atom is -0.489 e. The van der Waals surface area contributed by atoms with E-state index < -0.39 is 5.91 Å². The van der Waals surface area contributed by atoms with Crippen LogP contribution in [-0.4, -0.2) is 37.4 Å². The number of benzene rings is 3. The maximum atomic E-state index is 13.0. The highest BCUT2D eigenvalue weighted by atomic mass is 35.5. The van der Waals surface area contributed by atoms with E-state index in [9.17, 15) is 4.79 Å². The van der Waals surface area contributed by atoms with E-state index in [1.165, 1.54) is 10.9 Å². The first-order chi connectivity index (χ1) is 18.1. The van der Waals surface area contributed by atoms with Crippen LogP contribution in [0.3, 0.4) is 0 Å². The Balaban J connectivity index is 1.31. The number of rotatable bonds is 8. The summed E-state index contributed by atoms with van der Waals surface area (Å²) in [5, 5.41) is 20.1. The predicted molar refractivity (Wildman–Crippen MR) is 136 cm³/mol. The van der Waals surface area contributed by atoms with Gasteiger partial charge in [0.25, 0.3) is 5.91 Å². The zero-order chi connectivity index (χ0) is 25.6. The zero-order valence-electron chi connectivity index (χ0n) is 19.2. The van der Waals surface area contributed by atoms with Crippen LogP contribution in [-0.2, 0) is 6.61 Å². The Morgan fingerprint density at radius 3 is 2.65 bits per heavy atom. The number of aromatic nitrogens is 5. The van der Waals surface area contributed by atoms with Crippen LogP contribution in [0.15, 0.2) is 88.6 Å². The normalized spacial score (nSPS) is 11.1. The Morgan fingerprint density at radius 2 is 1.89 bits per heavy atom. The monoisotopic (exact) mass is 514 g/mol. The number of nitrogens with one attached hydrogen (secondary N) is 1. The number of carbonyl (C=O) groups excluding carboxylic acids is 1. The molecular formula is C25H19ClN8O3. The molecule has 11 nitrogen and oxygen atoms in total. The Kier molecular flexibility index (Phi) is 6.86. The van der Waals surface area contributed by atoms with E-state index in [0.29, 0.717) is 28.6 Å². The third kappa shape index (κ3) is 5.46. The number of nitrogen functional groups attached to an aromatic ring is 1. The second-order valence-corrected chi connectivity index (χ2v) is 8.16. The molecule has 5 rings (SSSR count). The van der Waals surface area contributed by atoms with Crippen molar-refractivity contribution in [2.24, 2.45) is 5.10 Å². The van der Waals surface area contributed by atoms with Gasteiger partial charge in [-0.3, -0.25) is 4.79 Å². The van der Waals surface area contributed by atoms with Crippen molar-refractivity contribution in [2.75, 3.05) is 5.73 Å². The molecule has 0 saturated carbocycles. The maximum Gasteiger partial charge on any atom is 0.294 e. The third-order valence-corrected chi connectivity index (χ3v) is 5.44. The lowest BCUT2D eigenvalue weighted by Gasteiger charge is -2.07. The van der Waals surface area contributed by atoms with Gasteiger partial charge >= 0.3 is 0 Å². The minimum atomic E-state index is -0.577. The van der Waals surface area contributed by atoms with Crippen LogP contribution in [0.2, 0.25) is 5.02 Å². The summed E-state index contributed by atoms with van der Waals surface area (Å²) in [6.45, 7) is 0.387. The van der Waals surface area contributed by atoms with E-state index in [1.807, 2.05) is 60.7 Å². The van der Waals surface area contributed by atoms with Crippen LogP contribution in [0, 0.1) is 0 Å². The van der Waals surface area contributed by atoms with Crippen molar-refractivity contribution < 1.29 is 14.2 Å². The number of ether oxygens (including phenoxy) is 1. The minimum absolute atomic E-state index is 0.00484. The highest BCUT2D eigenvalue weighted by molar-refractivity contribution is 6.30. The number of nitrogens with zero attached hydrogens (tertiary/aromatic N) is 6. The van der Waals surface area contributed by atoms with Crippen LogP contribution in [0.5, 0.6) is 5.75 Å². The van der Waals surface area contributed by atoms with E-state index in [-0.39, 0.29) is 17.3 Å². The second-order valence-electron chi connectivity index (χ2n) is 7.72. The van der Waals surface area contributed by atoms with E-state index in [4.69, 9.17) is 22.1 Å². The Labute approximate surface area is 215 Å². The van der Waals surface area contributed by atoms with Gasteiger partial charge in [0.1, 0.15) is 18.1 Å². The van der Waals surface area contributed by atoms with Gasteiger partial charge in [-0.15, -0.1) is 5.10 Å². The van der Waals surface area contributed by atoms with Crippen LogP contribution in [0.25, 0.3) is 17.1 Å². The molecule has 0 fully saturated rings. The van der Waals surface area contributed by atoms with Crippen molar-refractivity contribution in [2.45, 2.75) is 6.61 Å². The molecule has 0 spiro atoms. The average molecular weight is 515 g/mol. The van der Waals surface area contributed by atoms with Crippen molar-refractivity contribution in [1.29, 1.82) is 0 Å². The molecule has 0 atom stereocenters. The summed E-state index contributed by atoms with van der Waals surface area (Å²) in [6, 6.07) is 23.8. The largest absolute Gasteiger partial charge is 0.489 e. The molecule has 0 bridgehead atoms. The first-order valence-electron chi connectivity index (χ1n) is 11.0. The average Bonchev–Trinajstić information content (AvgIpc) is 3.55. The number of carbonyl (C=O) groups is 1. The van der Waals surface area contributed by atoms with Crippen molar-refractivity contribution in [3.8, 4) is 22.8 Å². The summed E-state index contributed by atoms with van der Waals surface area (Å²) >= 11 is 5.92. The Bertz CT molecular complexity index is 1550. The molecule has 1 amide bonds. The summed E-state index contributed by atoms with van der Waals surface area (Å²) in [5.74, 6) is 0.194. The molecule has 2 aromatic heterocycles. The molecule has 0 saturated heterocycles. The van der Waals surface area contributed by atoms with Crippen LogP contribution in [0.1, 0.15) is 21.6 Å². The van der Waals surface area contributed by atoms with Crippen molar-refractivity contribution in [3.05, 3.63) is 101 Å². The fraction of sp³-hybridized carbons (Fsp3) is 0.0400. The molecule has 0 aliphatic carbocycles. The fourth-order valence-electron chi connectivity index (χ4n) is 3.43. The molecule has 37 heavy (non-hydrogen) atoms. The lowest BCUT2D eigenvalue weighted by Crippen LogP contribution is -2.19. The third-order valence-electron chi connectivity index (χ3n) is 5.19. The molecule has 3 aromatic carbocycles. The van der Waals surface area contributed by atoms with Gasteiger partial charge in [0.15, 0.2) is 5.69 Å². The predicted octanol–water partition coefficient (Wildman–Crippen LogP) is 3.90. The van der Waals surface area contributed by atoms with Crippen molar-refractivity contribution in [3.63, 3.8) is 0 Å². The molecule has 184 valence electrons. The van der Waals surface area contributed by atoms with Crippen molar-refractivity contribution >= 4 is 29.5 Å². The summed E-state index contributed by atoms with van der Waals surface area (Å²) in [4.78, 5) is 13.0. The standard InChI is InChI=1S/C25H19ClN8O3/c26-19-11-9-16(10-12-19)15-36-20-8-4-5-17(13-20)14-28-30-25(35)21-22(18-6-2-1-3-7-18)34(33-29-21)24-23(27)31-37-32-24/h1-14H,15H2,(H2,27,31)(H,30,35). The lowest BCUT2D eigenvalue weighted by atomic mass is 10.1. The molecule has 12 heteroatoms. The molecule has 3 N–H and O–H groups in total.